The van der Waals surface area contributed by atoms with Crippen molar-refractivity contribution in [1.82, 2.24) is 15.0 Å². The molecule has 0 bridgehead atoms. The first-order valence-electron chi connectivity index (χ1n) is 19.3. The van der Waals surface area contributed by atoms with Crippen LogP contribution in [0.25, 0.3) is 67.5 Å². The summed E-state index contributed by atoms with van der Waals surface area (Å²) in [4.78, 5) is 15.4. The van der Waals surface area contributed by atoms with Gasteiger partial charge >= 0.3 is 0 Å². The fourth-order valence-electron chi connectivity index (χ4n) is 8.85. The van der Waals surface area contributed by atoms with Gasteiger partial charge in [-0.1, -0.05) is 164 Å². The van der Waals surface area contributed by atoms with Crippen molar-refractivity contribution >= 4 is 0 Å². The van der Waals surface area contributed by atoms with Crippen LogP contribution in [0.3, 0.4) is 0 Å². The van der Waals surface area contributed by atoms with Gasteiger partial charge in [0, 0.05) is 27.8 Å². The number of aromatic nitrogens is 3. The van der Waals surface area contributed by atoms with E-state index in [1.165, 1.54) is 5.56 Å². The first-order valence-corrected chi connectivity index (χ1v) is 19.3. The SMILES string of the molecule is N#Cc1ccc(-c2cccc3c2-c2cc(-c4nc(-c5ccccc5)nc(-c5ccc(-c6ccccc6)cc5)n4)ccc2C32c3ccccc3Oc3ccccc32)cc1. The Bertz CT molecular complexity index is 3030. The van der Waals surface area contributed by atoms with Crippen LogP contribution in [0.5, 0.6) is 11.5 Å². The molecule has 0 saturated heterocycles. The molecule has 1 spiro atoms. The fourth-order valence-corrected chi connectivity index (χ4v) is 8.85. The van der Waals surface area contributed by atoms with Gasteiger partial charge in [-0.15, -0.1) is 0 Å². The highest BCUT2D eigenvalue weighted by atomic mass is 16.5. The van der Waals surface area contributed by atoms with Crippen molar-refractivity contribution in [2.75, 3.05) is 0 Å². The smallest absolute Gasteiger partial charge is 0.164 e. The Morgan fingerprint density at radius 2 is 0.862 bits per heavy atom. The van der Waals surface area contributed by atoms with Crippen molar-refractivity contribution in [3.8, 4) is 85.1 Å². The number of ether oxygens (including phenoxy) is 1. The van der Waals surface area contributed by atoms with Crippen LogP contribution >= 0.6 is 0 Å². The molecule has 2 heterocycles. The van der Waals surface area contributed by atoms with Crippen LogP contribution in [0.4, 0.5) is 0 Å². The molecule has 5 heteroatoms. The molecule has 0 fully saturated rings. The van der Waals surface area contributed by atoms with Crippen molar-refractivity contribution in [3.05, 3.63) is 222 Å². The van der Waals surface area contributed by atoms with E-state index in [1.54, 1.807) is 0 Å². The largest absolute Gasteiger partial charge is 0.457 e. The zero-order valence-corrected chi connectivity index (χ0v) is 31.2. The number of hydrogen-bond donors (Lipinski definition) is 0. The standard InChI is InChI=1S/C53H32N4O/c54-33-34-22-24-37(25-23-34)41-16-11-19-46-49(41)42-32-40(30-31-43(42)53(46)44-17-7-9-20-47(44)58-48-21-10-8-18-45(48)53)52-56-50(38-14-5-2-6-15-38)55-51(57-52)39-28-26-36(27-29-39)35-12-3-1-4-13-35/h1-32H. The minimum Gasteiger partial charge on any atom is -0.457 e. The monoisotopic (exact) mass is 740 g/mol. The summed E-state index contributed by atoms with van der Waals surface area (Å²) in [5.74, 6) is 3.47. The van der Waals surface area contributed by atoms with Gasteiger partial charge in [0.15, 0.2) is 17.5 Å². The Labute approximate surface area is 336 Å². The molecule has 2 aliphatic rings. The molecule has 0 unspecified atom stereocenters. The summed E-state index contributed by atoms with van der Waals surface area (Å²) in [7, 11) is 0. The number of nitrogens with zero attached hydrogens (tertiary/aromatic N) is 4. The average Bonchev–Trinajstić information content (AvgIpc) is 3.59. The van der Waals surface area contributed by atoms with E-state index in [9.17, 15) is 5.26 Å². The van der Waals surface area contributed by atoms with E-state index in [0.717, 1.165) is 78.3 Å². The maximum atomic E-state index is 9.64. The van der Waals surface area contributed by atoms with Crippen LogP contribution in [0.15, 0.2) is 194 Å². The fraction of sp³-hybridized carbons (Fsp3) is 0.0189. The lowest BCUT2D eigenvalue weighted by Crippen LogP contribution is -2.32. The number of fused-ring (bicyclic) bond motifs is 9. The Morgan fingerprint density at radius 3 is 1.50 bits per heavy atom. The summed E-state index contributed by atoms with van der Waals surface area (Å²) < 4.78 is 6.61. The Balaban J connectivity index is 1.15. The molecule has 0 amide bonds. The minimum atomic E-state index is -0.656. The van der Waals surface area contributed by atoms with Gasteiger partial charge < -0.3 is 4.74 Å². The number of nitriles is 1. The second kappa shape index (κ2) is 13.4. The van der Waals surface area contributed by atoms with E-state index >= 15 is 0 Å². The van der Waals surface area contributed by atoms with Gasteiger partial charge in [-0.25, -0.2) is 15.0 Å². The Hall–Kier alpha value is -7.94. The van der Waals surface area contributed by atoms with Crippen molar-refractivity contribution in [3.63, 3.8) is 0 Å². The molecule has 0 N–H and O–H groups in total. The van der Waals surface area contributed by atoms with Crippen LogP contribution in [0.1, 0.15) is 27.8 Å². The van der Waals surface area contributed by atoms with Crippen molar-refractivity contribution < 1.29 is 4.74 Å². The zero-order valence-electron chi connectivity index (χ0n) is 31.2. The van der Waals surface area contributed by atoms with E-state index in [4.69, 9.17) is 19.7 Å². The first-order chi connectivity index (χ1) is 28.7. The Morgan fingerprint density at radius 1 is 0.379 bits per heavy atom. The lowest BCUT2D eigenvalue weighted by atomic mass is 9.66. The molecule has 11 rings (SSSR count). The zero-order chi connectivity index (χ0) is 38.6. The highest BCUT2D eigenvalue weighted by Crippen LogP contribution is 2.63. The number of rotatable bonds is 5. The van der Waals surface area contributed by atoms with Gasteiger partial charge in [0.05, 0.1) is 17.0 Å². The number of para-hydroxylation sites is 2. The Kier molecular flexibility index (Phi) is 7.70. The third kappa shape index (κ3) is 5.20. The summed E-state index contributed by atoms with van der Waals surface area (Å²) >= 11 is 0. The number of benzene rings is 8. The molecule has 1 aliphatic heterocycles. The first kappa shape index (κ1) is 33.4. The van der Waals surface area contributed by atoms with Gasteiger partial charge in [-0.3, -0.25) is 0 Å². The summed E-state index contributed by atoms with van der Waals surface area (Å²) in [6.07, 6.45) is 0. The topological polar surface area (TPSA) is 71.7 Å². The second-order valence-electron chi connectivity index (χ2n) is 14.6. The maximum Gasteiger partial charge on any atom is 0.164 e. The van der Waals surface area contributed by atoms with E-state index in [-0.39, 0.29) is 0 Å². The summed E-state index contributed by atoms with van der Waals surface area (Å²) in [5, 5.41) is 9.64. The molecule has 0 radical (unpaired) electrons. The number of hydrogen-bond acceptors (Lipinski definition) is 5. The molecule has 58 heavy (non-hydrogen) atoms. The highest BCUT2D eigenvalue weighted by Gasteiger charge is 2.51. The third-order valence-corrected chi connectivity index (χ3v) is 11.5. The molecular formula is C53H32N4O. The minimum absolute atomic E-state index is 0.588. The van der Waals surface area contributed by atoms with Gasteiger partial charge in [-0.05, 0) is 74.8 Å². The van der Waals surface area contributed by atoms with E-state index in [2.05, 4.69) is 127 Å². The lowest BCUT2D eigenvalue weighted by molar-refractivity contribution is 0.436. The molecule has 0 saturated carbocycles. The predicted molar refractivity (Wildman–Crippen MR) is 229 cm³/mol. The van der Waals surface area contributed by atoms with Crippen LogP contribution in [0.2, 0.25) is 0 Å². The van der Waals surface area contributed by atoms with Crippen LogP contribution in [-0.4, -0.2) is 15.0 Å². The predicted octanol–water partition coefficient (Wildman–Crippen LogP) is 12.5. The molecule has 270 valence electrons. The van der Waals surface area contributed by atoms with Crippen molar-refractivity contribution in [2.45, 2.75) is 5.41 Å². The second-order valence-corrected chi connectivity index (χ2v) is 14.6. The highest BCUT2D eigenvalue weighted by molar-refractivity contribution is 5.97. The quantitative estimate of drug-likeness (QED) is 0.176. The average molecular weight is 741 g/mol. The normalized spacial score (nSPS) is 12.7. The summed E-state index contributed by atoms with van der Waals surface area (Å²) in [5.41, 5.74) is 13.8. The third-order valence-electron chi connectivity index (χ3n) is 11.5. The molecule has 8 aromatic carbocycles. The lowest BCUT2D eigenvalue weighted by Gasteiger charge is -2.39. The van der Waals surface area contributed by atoms with E-state index < -0.39 is 5.41 Å². The van der Waals surface area contributed by atoms with Crippen LogP contribution in [-0.2, 0) is 5.41 Å². The van der Waals surface area contributed by atoms with Gasteiger partial charge in [0.1, 0.15) is 11.5 Å². The van der Waals surface area contributed by atoms with Gasteiger partial charge in [-0.2, -0.15) is 5.26 Å². The van der Waals surface area contributed by atoms with E-state index in [0.29, 0.717) is 23.0 Å². The van der Waals surface area contributed by atoms with Crippen molar-refractivity contribution in [1.29, 1.82) is 5.26 Å². The van der Waals surface area contributed by atoms with Crippen LogP contribution in [0, 0.1) is 11.3 Å². The molecule has 1 aromatic heterocycles. The van der Waals surface area contributed by atoms with Crippen molar-refractivity contribution in [2.24, 2.45) is 0 Å². The van der Waals surface area contributed by atoms with Crippen LogP contribution < -0.4 is 4.74 Å². The molecule has 0 atom stereocenters. The molecule has 1 aliphatic carbocycles. The van der Waals surface area contributed by atoms with Gasteiger partial charge in [0.25, 0.3) is 0 Å². The molecule has 5 nitrogen and oxygen atoms in total. The molecular weight excluding hydrogens is 709 g/mol. The summed E-state index contributed by atoms with van der Waals surface area (Å²) in [6.45, 7) is 0. The van der Waals surface area contributed by atoms with Gasteiger partial charge in [0.2, 0.25) is 0 Å². The maximum absolute atomic E-state index is 9.64. The van der Waals surface area contributed by atoms with E-state index in [1.807, 2.05) is 72.8 Å². The summed E-state index contributed by atoms with van der Waals surface area (Å²) in [6, 6.07) is 69.0. The molecule has 9 aromatic rings.